The molecule has 23 heavy (non-hydrogen) atoms. The Balaban J connectivity index is 0.000000463. The second-order valence-electron chi connectivity index (χ2n) is 4.64. The molecule has 0 atom stereocenters. The highest BCUT2D eigenvalue weighted by atomic mass is 35.7. The highest BCUT2D eigenvalue weighted by molar-refractivity contribution is 8.06. The van der Waals surface area contributed by atoms with Crippen LogP contribution in [0.1, 0.15) is 23.6 Å². The Morgan fingerprint density at radius 3 is 2.04 bits per heavy atom. The molecule has 0 radical (unpaired) electrons. The molecular formula is C15H17ClO4S3. The molecule has 0 aromatic carbocycles. The Morgan fingerprint density at radius 1 is 1.04 bits per heavy atom. The van der Waals surface area contributed by atoms with E-state index in [1.807, 2.05) is 23.1 Å². The van der Waals surface area contributed by atoms with Crippen LogP contribution in [-0.2, 0) is 0 Å². The van der Waals surface area contributed by atoms with Crippen LogP contribution in [0.5, 0.6) is 0 Å². The second-order valence-corrected chi connectivity index (χ2v) is 9.09. The fourth-order valence-electron chi connectivity index (χ4n) is 1.89. The lowest BCUT2D eigenvalue weighted by atomic mass is 10.2. The Kier molecular flexibility index (Phi) is 8.26. The summed E-state index contributed by atoms with van der Waals surface area (Å²) < 4.78 is 34.0. The number of hydrogen-bond acceptors (Lipinski definition) is 6. The first-order valence-electron chi connectivity index (χ1n) is 6.43. The second kappa shape index (κ2) is 9.19. The molecule has 0 spiro atoms. The van der Waals surface area contributed by atoms with Crippen molar-refractivity contribution in [2.75, 3.05) is 6.26 Å². The molecule has 0 N–H and O–H groups in total. The third kappa shape index (κ3) is 9.49. The van der Waals surface area contributed by atoms with E-state index in [9.17, 15) is 0 Å². The minimum Gasteiger partial charge on any atom is -0.222 e. The summed E-state index contributed by atoms with van der Waals surface area (Å²) >= 11 is 5.50. The first-order valence-corrected chi connectivity index (χ1v) is 10.5. The van der Waals surface area contributed by atoms with Crippen LogP contribution >= 0.6 is 34.9 Å². The van der Waals surface area contributed by atoms with Crippen LogP contribution < -0.4 is 18.6 Å². The number of rotatable bonds is 2. The normalized spacial score (nSPS) is 14.5. The van der Waals surface area contributed by atoms with Gasteiger partial charge in [-0.05, 0) is 47.6 Å². The average Bonchev–Trinajstić information content (AvgIpc) is 2.34. The quantitative estimate of drug-likeness (QED) is 0.555. The molecule has 0 bridgehead atoms. The van der Waals surface area contributed by atoms with Gasteiger partial charge in [-0.25, -0.2) is 18.6 Å². The summed E-state index contributed by atoms with van der Waals surface area (Å²) in [5.41, 5.74) is 1.30. The smallest absolute Gasteiger partial charge is 0.222 e. The zero-order chi connectivity index (χ0) is 17.6. The van der Waals surface area contributed by atoms with E-state index in [-0.39, 0.29) is 0 Å². The number of allylic oxidation sites excluding steroid dienone is 5. The van der Waals surface area contributed by atoms with Crippen molar-refractivity contribution in [3.05, 3.63) is 49.4 Å². The topological polar surface area (TPSA) is 92.2 Å². The fraction of sp³-hybridized carbons (Fsp3) is 0.267. The maximum atomic E-state index is 8.49. The Morgan fingerprint density at radius 2 is 1.57 bits per heavy atom. The molecule has 2 heterocycles. The predicted molar refractivity (Wildman–Crippen MR) is 88.3 cm³/mol. The highest BCUT2D eigenvalue weighted by Gasteiger charge is 2.11. The van der Waals surface area contributed by atoms with Gasteiger partial charge in [-0.15, -0.1) is 22.0 Å². The van der Waals surface area contributed by atoms with Gasteiger partial charge in [-0.1, -0.05) is 11.8 Å². The van der Waals surface area contributed by atoms with Crippen LogP contribution in [0.25, 0.3) is 6.08 Å². The monoisotopic (exact) mass is 392 g/mol. The lowest BCUT2D eigenvalue weighted by Gasteiger charge is -2.17. The van der Waals surface area contributed by atoms with Crippen molar-refractivity contribution in [3.8, 4) is 0 Å². The van der Waals surface area contributed by atoms with E-state index in [2.05, 4.69) is 57.4 Å². The first kappa shape index (κ1) is 20.7. The van der Waals surface area contributed by atoms with E-state index in [0.29, 0.717) is 0 Å². The highest BCUT2D eigenvalue weighted by Crippen LogP contribution is 2.33. The van der Waals surface area contributed by atoms with E-state index >= 15 is 0 Å². The van der Waals surface area contributed by atoms with E-state index < -0.39 is 10.2 Å². The maximum absolute atomic E-state index is 8.49. The molecule has 0 fully saturated rings. The lowest BCUT2D eigenvalue weighted by Crippen LogP contribution is -2.68. The summed E-state index contributed by atoms with van der Waals surface area (Å²) in [6.45, 7) is 6.51. The summed E-state index contributed by atoms with van der Waals surface area (Å²) in [6.07, 6.45) is 8.92. The van der Waals surface area contributed by atoms with E-state index in [1.165, 1.54) is 30.0 Å². The molecule has 0 aliphatic carbocycles. The van der Waals surface area contributed by atoms with Crippen LogP contribution in [0, 0.1) is 17.2 Å². The first-order chi connectivity index (χ1) is 10.6. The molecule has 8 heteroatoms. The number of thioether (sulfide) groups is 2. The third-order valence-electron chi connectivity index (χ3n) is 2.52. The molecule has 126 valence electrons. The van der Waals surface area contributed by atoms with Crippen molar-refractivity contribution in [1.29, 1.82) is 0 Å². The van der Waals surface area contributed by atoms with Crippen LogP contribution in [0.3, 0.4) is 0 Å². The van der Waals surface area contributed by atoms with Crippen molar-refractivity contribution in [2.24, 2.45) is 0 Å². The largest absolute Gasteiger partial charge is 0.232 e. The Bertz CT molecular complexity index is 623. The lowest BCUT2D eigenvalue weighted by molar-refractivity contribution is -2.00. The van der Waals surface area contributed by atoms with Gasteiger partial charge in [0, 0.05) is 30.0 Å². The molecule has 4 nitrogen and oxygen atoms in total. The van der Waals surface area contributed by atoms with Crippen molar-refractivity contribution < 1.29 is 28.9 Å². The van der Waals surface area contributed by atoms with Gasteiger partial charge in [-0.3, -0.25) is 0 Å². The van der Waals surface area contributed by atoms with Gasteiger partial charge >= 0.3 is 0 Å². The summed E-state index contributed by atoms with van der Waals surface area (Å²) in [4.78, 5) is 6.76. The van der Waals surface area contributed by atoms with E-state index in [1.54, 1.807) is 11.8 Å². The maximum Gasteiger partial charge on any atom is 0.232 e. The Labute approximate surface area is 151 Å². The zero-order valence-corrected chi connectivity index (χ0v) is 16.3. The van der Waals surface area contributed by atoms with E-state index in [0.717, 1.165) is 0 Å². The molecule has 0 unspecified atom stereocenters. The molecule has 0 saturated heterocycles. The van der Waals surface area contributed by atoms with Crippen LogP contribution in [-0.4, -0.2) is 6.26 Å². The van der Waals surface area contributed by atoms with Gasteiger partial charge in [0.2, 0.25) is 21.1 Å². The van der Waals surface area contributed by atoms with Gasteiger partial charge in [0.15, 0.2) is 0 Å². The number of aryl methyl sites for hydroxylation is 1. The average molecular weight is 393 g/mol. The van der Waals surface area contributed by atoms with Crippen LogP contribution in [0.4, 0.5) is 0 Å². The predicted octanol–water partition coefficient (Wildman–Crippen LogP) is 1.24. The van der Waals surface area contributed by atoms with Crippen molar-refractivity contribution in [1.82, 2.24) is 0 Å². The van der Waals surface area contributed by atoms with Crippen molar-refractivity contribution in [2.45, 2.75) is 25.7 Å². The van der Waals surface area contributed by atoms with Gasteiger partial charge < -0.3 is 0 Å². The zero-order valence-electron chi connectivity index (χ0n) is 13.1. The molecule has 1 aromatic heterocycles. The van der Waals surface area contributed by atoms with E-state index in [4.69, 9.17) is 18.6 Å². The fourth-order valence-corrected chi connectivity index (χ4v) is 4.41. The van der Waals surface area contributed by atoms with Gasteiger partial charge in [-0.2, -0.15) is 0 Å². The molecule has 0 saturated carbocycles. The number of hydrogen-bond donors (Lipinski definition) is 0. The molecule has 1 aliphatic heterocycles. The SMILES string of the molecule is CSc1cc(C)[s+]c(C=C2C=C(C)SC(C)=C2)c1.[O-][Cl+3]([O-])([O-])[O-]. The molecule has 2 rings (SSSR count). The summed E-state index contributed by atoms with van der Waals surface area (Å²) in [5, 5.41) is 0. The van der Waals surface area contributed by atoms with Crippen LogP contribution in [0.2, 0.25) is 0 Å². The summed E-state index contributed by atoms with van der Waals surface area (Å²) in [6, 6.07) is 4.51. The van der Waals surface area contributed by atoms with Crippen LogP contribution in [0.15, 0.2) is 44.6 Å². The van der Waals surface area contributed by atoms with Crippen molar-refractivity contribution in [3.63, 3.8) is 0 Å². The summed E-state index contributed by atoms with van der Waals surface area (Å²) in [5.74, 6) is 0. The minimum absolute atomic E-state index is 1.30. The number of halogens is 1. The summed E-state index contributed by atoms with van der Waals surface area (Å²) in [7, 11) is -4.94. The molecule has 1 aromatic rings. The van der Waals surface area contributed by atoms with Gasteiger partial charge in [0.05, 0.1) is 0 Å². The minimum atomic E-state index is -4.94. The molecule has 0 amide bonds. The Hall–Kier alpha value is -0.380. The standard InChI is InChI=1S/C15H17S3.ClHO4/c1-10-5-13(6-11(2)17-10)8-15-9-14(16-4)7-12(3)18-15;2-1(3,4)5/h5-9H,1-4H3;(H,2,3,4,5)/q+1;/p-1. The third-order valence-corrected chi connectivity index (χ3v) is 5.01. The molecular weight excluding hydrogens is 376 g/mol. The van der Waals surface area contributed by atoms with Crippen molar-refractivity contribution >= 4 is 40.9 Å². The molecule has 1 aliphatic rings. The van der Waals surface area contributed by atoms with Gasteiger partial charge in [0.25, 0.3) is 0 Å². The van der Waals surface area contributed by atoms with Gasteiger partial charge in [0.1, 0.15) is 0 Å².